The lowest BCUT2D eigenvalue weighted by molar-refractivity contribution is -0.132. The summed E-state index contributed by atoms with van der Waals surface area (Å²) >= 11 is 6.29. The van der Waals surface area contributed by atoms with Gasteiger partial charge in [-0.15, -0.1) is 0 Å². The summed E-state index contributed by atoms with van der Waals surface area (Å²) in [5, 5.41) is 3.47. The van der Waals surface area contributed by atoms with E-state index >= 15 is 0 Å². The molecule has 0 saturated carbocycles. The van der Waals surface area contributed by atoms with Crippen molar-refractivity contribution in [2.45, 2.75) is 32.6 Å². The third-order valence-electron chi connectivity index (χ3n) is 8.66. The average molecular weight is 667 g/mol. The molecular formula is C39H43ClN4O4. The number of halogens is 1. The molecule has 9 heteroatoms. The minimum atomic E-state index is -0.230. The number of hydrogen-bond acceptors (Lipinski definition) is 5. The Balaban J connectivity index is 1.15. The molecular weight excluding hydrogens is 624 g/mol. The Morgan fingerprint density at radius 2 is 1.56 bits per heavy atom. The quantitative estimate of drug-likeness (QED) is 0.158. The molecule has 0 bridgehead atoms. The van der Waals surface area contributed by atoms with E-state index < -0.39 is 0 Å². The first-order valence-electron chi connectivity index (χ1n) is 16.4. The number of aryl methyl sites for hydroxylation is 1. The molecule has 250 valence electrons. The second kappa shape index (κ2) is 16.4. The first kappa shape index (κ1) is 34.7. The molecule has 8 nitrogen and oxygen atoms in total. The molecule has 48 heavy (non-hydrogen) atoms. The largest absolute Gasteiger partial charge is 0.491 e. The zero-order valence-electron chi connectivity index (χ0n) is 27.9. The molecule has 4 aromatic carbocycles. The fourth-order valence-corrected chi connectivity index (χ4v) is 5.86. The average Bonchev–Trinajstić information content (AvgIpc) is 3.10. The number of nitrogens with zero attached hydrogens (tertiary/aromatic N) is 3. The maximum atomic E-state index is 13.5. The van der Waals surface area contributed by atoms with Gasteiger partial charge >= 0.3 is 0 Å². The molecule has 5 rings (SSSR count). The number of amides is 3. The lowest BCUT2D eigenvalue weighted by Crippen LogP contribution is -2.47. The van der Waals surface area contributed by atoms with E-state index in [2.05, 4.69) is 17.3 Å². The van der Waals surface area contributed by atoms with Crippen LogP contribution < -0.4 is 15.0 Å². The van der Waals surface area contributed by atoms with Crippen LogP contribution >= 0.6 is 11.6 Å². The maximum absolute atomic E-state index is 13.5. The summed E-state index contributed by atoms with van der Waals surface area (Å²) in [7, 11) is 3.77. The normalized spacial score (nSPS) is 13.2. The van der Waals surface area contributed by atoms with Crippen LogP contribution in [0.1, 0.15) is 52.0 Å². The molecule has 1 fully saturated rings. The summed E-state index contributed by atoms with van der Waals surface area (Å²) in [4.78, 5) is 45.0. The van der Waals surface area contributed by atoms with Crippen molar-refractivity contribution in [2.75, 3.05) is 57.1 Å². The molecule has 4 aromatic rings. The van der Waals surface area contributed by atoms with Gasteiger partial charge in [-0.2, -0.15) is 0 Å². The Bertz CT molecular complexity index is 1720. The minimum absolute atomic E-state index is 0.222. The second-order valence-corrected chi connectivity index (χ2v) is 12.7. The monoisotopic (exact) mass is 666 g/mol. The lowest BCUT2D eigenvalue weighted by Gasteiger charge is -2.32. The van der Waals surface area contributed by atoms with E-state index in [0.29, 0.717) is 46.3 Å². The summed E-state index contributed by atoms with van der Waals surface area (Å²) in [5.41, 5.74) is 5.17. The second-order valence-electron chi connectivity index (χ2n) is 12.3. The van der Waals surface area contributed by atoms with E-state index in [0.717, 1.165) is 62.1 Å². The highest BCUT2D eigenvalue weighted by molar-refractivity contribution is 6.30. The van der Waals surface area contributed by atoms with Gasteiger partial charge in [-0.05, 0) is 86.8 Å². The van der Waals surface area contributed by atoms with Crippen LogP contribution in [0.15, 0.2) is 91.0 Å². The zero-order valence-corrected chi connectivity index (χ0v) is 28.6. The number of piperazine rings is 1. The van der Waals surface area contributed by atoms with E-state index in [1.807, 2.05) is 54.3 Å². The predicted octanol–water partition coefficient (Wildman–Crippen LogP) is 7.56. The summed E-state index contributed by atoms with van der Waals surface area (Å²) in [6, 6.07) is 27.6. The van der Waals surface area contributed by atoms with Crippen molar-refractivity contribution in [2.24, 2.45) is 0 Å². The first-order chi connectivity index (χ1) is 23.2. The van der Waals surface area contributed by atoms with E-state index in [-0.39, 0.29) is 17.7 Å². The van der Waals surface area contributed by atoms with E-state index in [1.165, 1.54) is 4.90 Å². The molecule has 0 atom stereocenters. The first-order valence-corrected chi connectivity index (χ1v) is 16.8. The highest BCUT2D eigenvalue weighted by Crippen LogP contribution is 2.32. The van der Waals surface area contributed by atoms with Gasteiger partial charge in [-0.3, -0.25) is 14.4 Å². The van der Waals surface area contributed by atoms with Crippen LogP contribution in [0.3, 0.4) is 0 Å². The smallest absolute Gasteiger partial charge is 0.258 e. The number of anilines is 2. The van der Waals surface area contributed by atoms with Crippen molar-refractivity contribution in [1.82, 2.24) is 9.80 Å². The fraction of sp³-hybridized carbons (Fsp3) is 0.308. The number of unbranched alkanes of at least 4 members (excludes halogenated alkanes) is 2. The van der Waals surface area contributed by atoms with Crippen LogP contribution in [-0.4, -0.2) is 74.4 Å². The van der Waals surface area contributed by atoms with Gasteiger partial charge in [0.25, 0.3) is 11.8 Å². The number of hydrogen-bond donors (Lipinski definition) is 1. The predicted molar refractivity (Wildman–Crippen MR) is 193 cm³/mol. The summed E-state index contributed by atoms with van der Waals surface area (Å²) < 4.78 is 6.09. The molecule has 1 aliphatic rings. The number of rotatable bonds is 12. The van der Waals surface area contributed by atoms with E-state index in [1.54, 1.807) is 55.6 Å². The third kappa shape index (κ3) is 9.02. The van der Waals surface area contributed by atoms with Crippen LogP contribution in [0.2, 0.25) is 5.02 Å². The number of likely N-dealkylation sites (N-methyl/N-ethyl adjacent to an activating group) is 1. The number of nitrogens with one attached hydrogen (secondary N) is 1. The van der Waals surface area contributed by atoms with Crippen molar-refractivity contribution in [3.8, 4) is 16.9 Å². The van der Waals surface area contributed by atoms with Gasteiger partial charge in [0.1, 0.15) is 5.75 Å². The molecule has 0 spiro atoms. The van der Waals surface area contributed by atoms with Crippen LogP contribution in [0.25, 0.3) is 11.1 Å². The SMILES string of the molecule is Cc1ccc(-c2ccccc2C(=O)Nc2ccc(C(=O)N(C)c3ccc(Cl)cc3OCCCCCC(=O)N3CCN(C)CC3)cc2)cc1. The van der Waals surface area contributed by atoms with Crippen LogP contribution in [0.5, 0.6) is 5.75 Å². The van der Waals surface area contributed by atoms with Crippen molar-refractivity contribution < 1.29 is 19.1 Å². The van der Waals surface area contributed by atoms with Crippen LogP contribution in [0.4, 0.5) is 11.4 Å². The van der Waals surface area contributed by atoms with Crippen molar-refractivity contribution in [3.05, 3.63) is 113 Å². The third-order valence-corrected chi connectivity index (χ3v) is 8.90. The van der Waals surface area contributed by atoms with Crippen LogP contribution in [0, 0.1) is 6.92 Å². The molecule has 1 heterocycles. The van der Waals surface area contributed by atoms with Crippen LogP contribution in [-0.2, 0) is 4.79 Å². The molecule has 0 radical (unpaired) electrons. The van der Waals surface area contributed by atoms with Gasteiger partial charge in [0.15, 0.2) is 0 Å². The molecule has 3 amide bonds. The van der Waals surface area contributed by atoms with E-state index in [4.69, 9.17) is 16.3 Å². The van der Waals surface area contributed by atoms with Crippen molar-refractivity contribution in [1.29, 1.82) is 0 Å². The fourth-order valence-electron chi connectivity index (χ4n) is 5.70. The zero-order chi connectivity index (χ0) is 34.0. The Labute approximate surface area is 288 Å². The van der Waals surface area contributed by atoms with Gasteiger partial charge in [0, 0.05) is 67.6 Å². The summed E-state index contributed by atoms with van der Waals surface area (Å²) in [6.45, 7) is 5.92. The summed E-state index contributed by atoms with van der Waals surface area (Å²) in [6.07, 6.45) is 3.00. The highest BCUT2D eigenvalue weighted by atomic mass is 35.5. The van der Waals surface area contributed by atoms with E-state index in [9.17, 15) is 14.4 Å². The Kier molecular flexibility index (Phi) is 11.9. The number of carbonyl (C=O) groups is 3. The maximum Gasteiger partial charge on any atom is 0.258 e. The molecule has 0 aromatic heterocycles. The molecule has 1 aliphatic heterocycles. The van der Waals surface area contributed by atoms with Gasteiger partial charge in [0.2, 0.25) is 5.91 Å². The van der Waals surface area contributed by atoms with Gasteiger partial charge in [-0.25, -0.2) is 0 Å². The molecule has 1 N–H and O–H groups in total. The Hall–Kier alpha value is -4.66. The van der Waals surface area contributed by atoms with Gasteiger partial charge in [0.05, 0.1) is 12.3 Å². The standard InChI is InChI=1S/C39H43ClN4O4/c1-28-12-14-29(15-13-28)33-9-6-7-10-34(33)38(46)41-32-19-16-30(17-20-32)39(47)43(3)35-21-18-31(40)27-36(35)48-26-8-4-5-11-37(45)44-24-22-42(2)23-25-44/h6-7,9-10,12-21,27H,4-5,8,11,22-26H2,1-3H3,(H,41,46). The molecule has 0 unspecified atom stereocenters. The Morgan fingerprint density at radius 1 is 0.854 bits per heavy atom. The number of carbonyl (C=O) groups excluding carboxylic acids is 3. The van der Waals surface area contributed by atoms with Gasteiger partial charge < -0.3 is 24.8 Å². The lowest BCUT2D eigenvalue weighted by atomic mass is 9.98. The van der Waals surface area contributed by atoms with Crippen molar-refractivity contribution >= 4 is 40.7 Å². The van der Waals surface area contributed by atoms with Crippen molar-refractivity contribution in [3.63, 3.8) is 0 Å². The number of benzene rings is 4. The van der Waals surface area contributed by atoms with Gasteiger partial charge in [-0.1, -0.05) is 59.6 Å². The molecule has 0 aliphatic carbocycles. The summed E-state index contributed by atoms with van der Waals surface area (Å²) in [5.74, 6) is 0.280. The Morgan fingerprint density at radius 3 is 2.29 bits per heavy atom. The topological polar surface area (TPSA) is 82.2 Å². The highest BCUT2D eigenvalue weighted by Gasteiger charge is 2.20. The minimum Gasteiger partial charge on any atom is -0.491 e. The number of ether oxygens (including phenoxy) is 1. The molecule has 1 saturated heterocycles.